The normalized spacial score (nSPS) is 10.8. The summed E-state index contributed by atoms with van der Waals surface area (Å²) in [7, 11) is 0. The molecular formula is C17H15NO2. The minimum atomic E-state index is -0.0768. The van der Waals surface area contributed by atoms with Crippen molar-refractivity contribution in [3.05, 3.63) is 65.7 Å². The summed E-state index contributed by atoms with van der Waals surface area (Å²) in [5.74, 6) is 0.381. The zero-order chi connectivity index (χ0) is 13.9. The van der Waals surface area contributed by atoms with Crippen LogP contribution in [-0.4, -0.2) is 10.8 Å². The van der Waals surface area contributed by atoms with E-state index in [1.807, 2.05) is 24.3 Å². The molecule has 0 saturated heterocycles. The Morgan fingerprint density at radius 2 is 1.90 bits per heavy atom. The van der Waals surface area contributed by atoms with E-state index in [9.17, 15) is 4.79 Å². The number of carbonyl (C=O) groups excluding carboxylic acids is 1. The summed E-state index contributed by atoms with van der Waals surface area (Å²) in [4.78, 5) is 16.5. The zero-order valence-electron chi connectivity index (χ0n) is 11.3. The molecule has 100 valence electrons. The van der Waals surface area contributed by atoms with Crippen molar-refractivity contribution in [2.45, 2.75) is 19.8 Å². The largest absolute Gasteiger partial charge is 0.452 e. The third kappa shape index (κ3) is 2.11. The van der Waals surface area contributed by atoms with Gasteiger partial charge in [-0.25, -0.2) is 0 Å². The number of benzene rings is 1. The molecule has 0 radical (unpaired) electrons. The van der Waals surface area contributed by atoms with Crippen LogP contribution in [0.5, 0.6) is 0 Å². The summed E-state index contributed by atoms with van der Waals surface area (Å²) < 4.78 is 5.80. The maximum atomic E-state index is 12.6. The number of pyridine rings is 1. The highest BCUT2D eigenvalue weighted by Crippen LogP contribution is 2.28. The van der Waals surface area contributed by atoms with E-state index in [0.717, 1.165) is 29.4 Å². The standard InChI is InChI=1S/C17H15NO2/c1-2-5-14-13-6-3-4-7-15(13)20-17(14)16(19)12-8-10-18-11-9-12/h3-4,6-11H,2,5H2,1H3. The molecule has 0 aliphatic rings. The van der Waals surface area contributed by atoms with Gasteiger partial charge in [-0.05, 0) is 24.6 Å². The number of aryl methyl sites for hydroxylation is 1. The molecule has 2 aromatic heterocycles. The summed E-state index contributed by atoms with van der Waals surface area (Å²) in [6, 6.07) is 11.2. The van der Waals surface area contributed by atoms with Gasteiger partial charge in [-0.1, -0.05) is 31.5 Å². The van der Waals surface area contributed by atoms with Crippen LogP contribution in [0, 0.1) is 0 Å². The fourth-order valence-corrected chi connectivity index (χ4v) is 2.41. The maximum absolute atomic E-state index is 12.6. The zero-order valence-corrected chi connectivity index (χ0v) is 11.3. The molecule has 0 amide bonds. The lowest BCUT2D eigenvalue weighted by molar-refractivity contribution is 0.101. The number of carbonyl (C=O) groups is 1. The minimum Gasteiger partial charge on any atom is -0.452 e. The van der Waals surface area contributed by atoms with E-state index in [2.05, 4.69) is 11.9 Å². The molecule has 0 aliphatic carbocycles. The molecule has 3 nitrogen and oxygen atoms in total. The predicted octanol–water partition coefficient (Wildman–Crippen LogP) is 4.01. The molecule has 3 aromatic rings. The minimum absolute atomic E-state index is 0.0768. The van der Waals surface area contributed by atoms with Gasteiger partial charge in [-0.3, -0.25) is 9.78 Å². The van der Waals surface area contributed by atoms with E-state index in [0.29, 0.717) is 11.3 Å². The number of ketones is 1. The molecule has 2 heterocycles. The Labute approximate surface area is 117 Å². The van der Waals surface area contributed by atoms with Crippen LogP contribution in [0.4, 0.5) is 0 Å². The van der Waals surface area contributed by atoms with E-state index in [4.69, 9.17) is 4.42 Å². The Morgan fingerprint density at radius 3 is 2.65 bits per heavy atom. The van der Waals surface area contributed by atoms with Crippen molar-refractivity contribution >= 4 is 16.8 Å². The molecule has 0 N–H and O–H groups in total. The Bertz CT molecular complexity index is 744. The first-order valence-electron chi connectivity index (χ1n) is 6.76. The monoisotopic (exact) mass is 265 g/mol. The smallest absolute Gasteiger partial charge is 0.228 e. The first kappa shape index (κ1) is 12.6. The number of nitrogens with zero attached hydrogens (tertiary/aromatic N) is 1. The summed E-state index contributed by atoms with van der Waals surface area (Å²) in [5, 5.41) is 1.03. The summed E-state index contributed by atoms with van der Waals surface area (Å²) >= 11 is 0. The van der Waals surface area contributed by atoms with Gasteiger partial charge in [-0.2, -0.15) is 0 Å². The molecule has 1 aromatic carbocycles. The van der Waals surface area contributed by atoms with Gasteiger partial charge in [0.15, 0.2) is 5.76 Å². The number of furan rings is 1. The average molecular weight is 265 g/mol. The van der Waals surface area contributed by atoms with Crippen LogP contribution in [0.15, 0.2) is 53.2 Å². The molecule has 3 rings (SSSR count). The lowest BCUT2D eigenvalue weighted by atomic mass is 10.0. The number of hydrogen-bond donors (Lipinski definition) is 0. The fraction of sp³-hybridized carbons (Fsp3) is 0.176. The van der Waals surface area contributed by atoms with Gasteiger partial charge in [0, 0.05) is 28.9 Å². The first-order valence-corrected chi connectivity index (χ1v) is 6.76. The predicted molar refractivity (Wildman–Crippen MR) is 77.9 cm³/mol. The molecule has 0 atom stereocenters. The maximum Gasteiger partial charge on any atom is 0.228 e. The van der Waals surface area contributed by atoms with E-state index in [1.54, 1.807) is 24.5 Å². The topological polar surface area (TPSA) is 43.1 Å². The van der Waals surface area contributed by atoms with Crippen LogP contribution in [0.25, 0.3) is 11.0 Å². The van der Waals surface area contributed by atoms with Crippen molar-refractivity contribution in [2.24, 2.45) is 0 Å². The molecule has 20 heavy (non-hydrogen) atoms. The van der Waals surface area contributed by atoms with Crippen LogP contribution in [0.1, 0.15) is 35.0 Å². The van der Waals surface area contributed by atoms with Crippen LogP contribution in [0.2, 0.25) is 0 Å². The lowest BCUT2D eigenvalue weighted by Crippen LogP contribution is -2.03. The number of rotatable bonds is 4. The van der Waals surface area contributed by atoms with Gasteiger partial charge in [0.05, 0.1) is 0 Å². The summed E-state index contributed by atoms with van der Waals surface area (Å²) in [5.41, 5.74) is 2.38. The highest BCUT2D eigenvalue weighted by atomic mass is 16.3. The van der Waals surface area contributed by atoms with Crippen molar-refractivity contribution in [1.29, 1.82) is 0 Å². The van der Waals surface area contributed by atoms with Crippen molar-refractivity contribution in [3.63, 3.8) is 0 Å². The highest BCUT2D eigenvalue weighted by molar-refractivity contribution is 6.10. The molecule has 0 fully saturated rings. The Balaban J connectivity index is 2.15. The lowest BCUT2D eigenvalue weighted by Gasteiger charge is -2.01. The van der Waals surface area contributed by atoms with Gasteiger partial charge < -0.3 is 4.42 Å². The highest BCUT2D eigenvalue weighted by Gasteiger charge is 2.20. The molecule has 0 spiro atoms. The molecule has 0 saturated carbocycles. The van der Waals surface area contributed by atoms with Gasteiger partial charge in [0.25, 0.3) is 0 Å². The van der Waals surface area contributed by atoms with E-state index < -0.39 is 0 Å². The van der Waals surface area contributed by atoms with E-state index in [1.165, 1.54) is 0 Å². The molecule has 0 bridgehead atoms. The first-order chi connectivity index (χ1) is 9.81. The van der Waals surface area contributed by atoms with E-state index in [-0.39, 0.29) is 5.78 Å². The van der Waals surface area contributed by atoms with Crippen molar-refractivity contribution in [3.8, 4) is 0 Å². The molecule has 3 heteroatoms. The summed E-state index contributed by atoms with van der Waals surface area (Å²) in [6.07, 6.45) is 5.05. The SMILES string of the molecule is CCCc1c(C(=O)c2ccncc2)oc2ccccc12. The van der Waals surface area contributed by atoms with Gasteiger partial charge in [-0.15, -0.1) is 0 Å². The van der Waals surface area contributed by atoms with Crippen molar-refractivity contribution in [1.82, 2.24) is 4.98 Å². The average Bonchev–Trinajstić information content (AvgIpc) is 2.87. The molecule has 0 unspecified atom stereocenters. The van der Waals surface area contributed by atoms with Crippen LogP contribution >= 0.6 is 0 Å². The van der Waals surface area contributed by atoms with Crippen molar-refractivity contribution in [2.75, 3.05) is 0 Å². The number of para-hydroxylation sites is 1. The number of hydrogen-bond acceptors (Lipinski definition) is 3. The number of fused-ring (bicyclic) bond motifs is 1. The van der Waals surface area contributed by atoms with Crippen LogP contribution < -0.4 is 0 Å². The Hall–Kier alpha value is -2.42. The summed E-state index contributed by atoms with van der Waals surface area (Å²) in [6.45, 7) is 2.10. The fourth-order valence-electron chi connectivity index (χ4n) is 2.41. The van der Waals surface area contributed by atoms with Gasteiger partial charge in [0.1, 0.15) is 5.58 Å². The van der Waals surface area contributed by atoms with Gasteiger partial charge in [0.2, 0.25) is 5.78 Å². The number of aromatic nitrogens is 1. The Kier molecular flexibility index (Phi) is 3.33. The van der Waals surface area contributed by atoms with Crippen molar-refractivity contribution < 1.29 is 9.21 Å². The third-order valence-corrected chi connectivity index (χ3v) is 3.35. The second kappa shape index (κ2) is 5.29. The van der Waals surface area contributed by atoms with Crippen LogP contribution in [0.3, 0.4) is 0 Å². The molecular weight excluding hydrogens is 250 g/mol. The second-order valence-electron chi connectivity index (χ2n) is 4.72. The van der Waals surface area contributed by atoms with Gasteiger partial charge >= 0.3 is 0 Å². The third-order valence-electron chi connectivity index (χ3n) is 3.35. The van der Waals surface area contributed by atoms with Crippen LogP contribution in [-0.2, 0) is 6.42 Å². The Morgan fingerprint density at radius 1 is 1.15 bits per heavy atom. The molecule has 0 aliphatic heterocycles. The van der Waals surface area contributed by atoms with E-state index >= 15 is 0 Å². The quantitative estimate of drug-likeness (QED) is 0.669. The second-order valence-corrected chi connectivity index (χ2v) is 4.72.